The van der Waals surface area contributed by atoms with Gasteiger partial charge in [-0.1, -0.05) is 0 Å². The molecule has 1 saturated heterocycles. The van der Waals surface area contributed by atoms with Gasteiger partial charge in [0.2, 0.25) is 0 Å². The standard InChI is InChI=1S/C18H20FN3O2/c19-14-2-1-7-21-18(14)24-16-4-3-15-17(16)23-11-10-22(15)12-13-5-8-20-9-6-13/h1-2,5-9,15-17H,3-4,10-12H2/t15-,16-,17+/m1/s1. The van der Waals surface area contributed by atoms with Crippen LogP contribution in [0.4, 0.5) is 4.39 Å². The van der Waals surface area contributed by atoms with Crippen molar-refractivity contribution in [1.29, 1.82) is 0 Å². The van der Waals surface area contributed by atoms with Crippen molar-refractivity contribution in [2.75, 3.05) is 13.2 Å². The van der Waals surface area contributed by atoms with Gasteiger partial charge in [0.05, 0.1) is 6.61 Å². The summed E-state index contributed by atoms with van der Waals surface area (Å²) in [7, 11) is 0. The average Bonchev–Trinajstić information content (AvgIpc) is 3.02. The van der Waals surface area contributed by atoms with E-state index in [4.69, 9.17) is 9.47 Å². The summed E-state index contributed by atoms with van der Waals surface area (Å²) >= 11 is 0. The third kappa shape index (κ3) is 3.12. The lowest BCUT2D eigenvalue weighted by atomic mass is 10.1. The lowest BCUT2D eigenvalue weighted by Crippen LogP contribution is -2.51. The number of nitrogens with zero attached hydrogens (tertiary/aromatic N) is 3. The van der Waals surface area contributed by atoms with Crippen LogP contribution >= 0.6 is 0 Å². The number of hydrogen-bond acceptors (Lipinski definition) is 5. The van der Waals surface area contributed by atoms with E-state index in [1.54, 1.807) is 12.3 Å². The second-order valence-corrected chi connectivity index (χ2v) is 6.25. The molecular weight excluding hydrogens is 309 g/mol. The summed E-state index contributed by atoms with van der Waals surface area (Å²) in [5.41, 5.74) is 1.24. The first-order valence-corrected chi connectivity index (χ1v) is 8.33. The predicted molar refractivity (Wildman–Crippen MR) is 86.0 cm³/mol. The molecule has 0 aromatic carbocycles. The fraction of sp³-hybridized carbons (Fsp3) is 0.444. The molecular formula is C18H20FN3O2. The largest absolute Gasteiger partial charge is 0.469 e. The second kappa shape index (κ2) is 6.83. The summed E-state index contributed by atoms with van der Waals surface area (Å²) in [4.78, 5) is 10.5. The number of morpholine rings is 1. The number of aromatic nitrogens is 2. The van der Waals surface area contributed by atoms with E-state index in [9.17, 15) is 4.39 Å². The van der Waals surface area contributed by atoms with Gasteiger partial charge >= 0.3 is 0 Å². The SMILES string of the molecule is Fc1cccnc1O[C@@H]1CC[C@@H]2[C@@H]1OCCN2Cc1ccncc1. The van der Waals surface area contributed by atoms with E-state index >= 15 is 0 Å². The number of halogens is 1. The molecule has 0 N–H and O–H groups in total. The topological polar surface area (TPSA) is 47.5 Å². The molecule has 4 rings (SSSR count). The van der Waals surface area contributed by atoms with Crippen LogP contribution in [0.15, 0.2) is 42.9 Å². The van der Waals surface area contributed by atoms with Crippen molar-refractivity contribution in [2.24, 2.45) is 0 Å². The summed E-state index contributed by atoms with van der Waals surface area (Å²) in [6.45, 7) is 2.43. The van der Waals surface area contributed by atoms with Gasteiger partial charge in [0.15, 0.2) is 5.82 Å². The van der Waals surface area contributed by atoms with E-state index < -0.39 is 5.82 Å². The Morgan fingerprint density at radius 2 is 2.08 bits per heavy atom. The monoisotopic (exact) mass is 329 g/mol. The predicted octanol–water partition coefficient (Wildman–Crippen LogP) is 2.43. The van der Waals surface area contributed by atoms with Crippen molar-refractivity contribution in [3.05, 3.63) is 54.2 Å². The van der Waals surface area contributed by atoms with Gasteiger partial charge < -0.3 is 9.47 Å². The molecule has 0 unspecified atom stereocenters. The first-order chi connectivity index (χ1) is 11.8. The first-order valence-electron chi connectivity index (χ1n) is 8.33. The molecule has 0 spiro atoms. The van der Waals surface area contributed by atoms with Gasteiger partial charge in [-0.3, -0.25) is 9.88 Å². The second-order valence-electron chi connectivity index (χ2n) is 6.25. The maximum absolute atomic E-state index is 13.8. The lowest BCUT2D eigenvalue weighted by Gasteiger charge is -2.39. The van der Waals surface area contributed by atoms with E-state index in [1.165, 1.54) is 11.6 Å². The van der Waals surface area contributed by atoms with Crippen LogP contribution in [0.2, 0.25) is 0 Å². The molecule has 0 radical (unpaired) electrons. The van der Waals surface area contributed by atoms with Crippen molar-refractivity contribution in [3.8, 4) is 5.88 Å². The Kier molecular flexibility index (Phi) is 4.40. The number of pyridine rings is 2. The third-order valence-corrected chi connectivity index (χ3v) is 4.77. The minimum absolute atomic E-state index is 0.0398. The van der Waals surface area contributed by atoms with Gasteiger partial charge in [0, 0.05) is 37.7 Å². The molecule has 1 aliphatic carbocycles. The number of ether oxygens (including phenoxy) is 2. The van der Waals surface area contributed by atoms with E-state index in [1.807, 2.05) is 24.5 Å². The zero-order valence-electron chi connectivity index (χ0n) is 13.3. The number of rotatable bonds is 4. The Labute approximate surface area is 140 Å². The summed E-state index contributed by atoms with van der Waals surface area (Å²) in [6.07, 6.45) is 6.81. The highest BCUT2D eigenvalue weighted by molar-refractivity contribution is 5.15. The number of hydrogen-bond donors (Lipinski definition) is 0. The molecule has 0 amide bonds. The minimum Gasteiger partial charge on any atom is -0.469 e. The van der Waals surface area contributed by atoms with Gasteiger partial charge in [-0.05, 0) is 42.7 Å². The molecule has 2 aromatic rings. The highest BCUT2D eigenvalue weighted by Crippen LogP contribution is 2.33. The normalized spacial score (nSPS) is 27.0. The van der Waals surface area contributed by atoms with Crippen molar-refractivity contribution >= 4 is 0 Å². The molecule has 2 aromatic heterocycles. The van der Waals surface area contributed by atoms with Gasteiger partial charge in [-0.25, -0.2) is 9.37 Å². The summed E-state index contributed by atoms with van der Waals surface area (Å²) in [5.74, 6) is -0.358. The lowest BCUT2D eigenvalue weighted by molar-refractivity contribution is -0.0927. The highest BCUT2D eigenvalue weighted by atomic mass is 19.1. The van der Waals surface area contributed by atoms with Crippen LogP contribution in [0.25, 0.3) is 0 Å². The molecule has 2 fully saturated rings. The van der Waals surface area contributed by atoms with E-state index in [0.29, 0.717) is 12.6 Å². The molecule has 0 bridgehead atoms. The van der Waals surface area contributed by atoms with Crippen LogP contribution in [0, 0.1) is 5.82 Å². The van der Waals surface area contributed by atoms with E-state index in [-0.39, 0.29) is 18.1 Å². The molecule has 126 valence electrons. The van der Waals surface area contributed by atoms with Crippen LogP contribution in [-0.4, -0.2) is 46.3 Å². The fourth-order valence-electron chi connectivity index (χ4n) is 3.64. The van der Waals surface area contributed by atoms with Crippen LogP contribution in [0.1, 0.15) is 18.4 Å². The zero-order valence-corrected chi connectivity index (χ0v) is 13.3. The first kappa shape index (κ1) is 15.5. The summed E-state index contributed by atoms with van der Waals surface area (Å²) < 4.78 is 25.6. The van der Waals surface area contributed by atoms with Crippen LogP contribution in [-0.2, 0) is 11.3 Å². The summed E-state index contributed by atoms with van der Waals surface area (Å²) in [6, 6.07) is 7.30. The van der Waals surface area contributed by atoms with Gasteiger partial charge in [-0.2, -0.15) is 0 Å². The van der Waals surface area contributed by atoms with Gasteiger partial charge in [-0.15, -0.1) is 0 Å². The maximum Gasteiger partial charge on any atom is 0.250 e. The van der Waals surface area contributed by atoms with Gasteiger partial charge in [0.1, 0.15) is 12.2 Å². The third-order valence-electron chi connectivity index (χ3n) is 4.77. The Morgan fingerprint density at radius 3 is 2.92 bits per heavy atom. The van der Waals surface area contributed by atoms with Crippen molar-refractivity contribution in [2.45, 2.75) is 37.6 Å². The quantitative estimate of drug-likeness (QED) is 0.862. The molecule has 6 heteroatoms. The molecule has 3 heterocycles. The van der Waals surface area contributed by atoms with E-state index in [2.05, 4.69) is 14.9 Å². The van der Waals surface area contributed by atoms with Crippen LogP contribution < -0.4 is 4.74 Å². The Morgan fingerprint density at radius 1 is 1.21 bits per heavy atom. The highest BCUT2D eigenvalue weighted by Gasteiger charge is 2.44. The molecule has 5 nitrogen and oxygen atoms in total. The number of fused-ring (bicyclic) bond motifs is 1. The average molecular weight is 329 g/mol. The van der Waals surface area contributed by atoms with Crippen molar-refractivity contribution in [3.63, 3.8) is 0 Å². The van der Waals surface area contributed by atoms with Crippen molar-refractivity contribution in [1.82, 2.24) is 14.9 Å². The molecule has 1 aliphatic heterocycles. The Balaban J connectivity index is 1.45. The van der Waals surface area contributed by atoms with E-state index in [0.717, 1.165) is 25.9 Å². The molecule has 1 saturated carbocycles. The zero-order chi connectivity index (χ0) is 16.4. The Bertz CT molecular complexity index is 685. The smallest absolute Gasteiger partial charge is 0.250 e. The molecule has 24 heavy (non-hydrogen) atoms. The fourth-order valence-corrected chi connectivity index (χ4v) is 3.64. The van der Waals surface area contributed by atoms with Crippen molar-refractivity contribution < 1.29 is 13.9 Å². The van der Waals surface area contributed by atoms with Gasteiger partial charge in [0.25, 0.3) is 5.88 Å². The summed E-state index contributed by atoms with van der Waals surface area (Å²) in [5, 5.41) is 0. The minimum atomic E-state index is -0.426. The Hall–Kier alpha value is -2.05. The molecule has 3 atom stereocenters. The maximum atomic E-state index is 13.8. The molecule has 2 aliphatic rings. The van der Waals surface area contributed by atoms with Crippen LogP contribution in [0.3, 0.4) is 0 Å². The van der Waals surface area contributed by atoms with Crippen LogP contribution in [0.5, 0.6) is 5.88 Å².